The second-order valence-electron chi connectivity index (χ2n) is 13.7. The third-order valence-corrected chi connectivity index (χ3v) is 10.0. The first-order valence-corrected chi connectivity index (χ1v) is 17.8. The number of benzene rings is 5. The molecule has 51 heavy (non-hydrogen) atoms. The topological polar surface area (TPSA) is 108 Å². The molecule has 8 nitrogen and oxygen atoms in total. The largest absolute Gasteiger partial charge is 0.344 e. The molecule has 1 saturated heterocycles. The Labute approximate surface area is 299 Å². The summed E-state index contributed by atoms with van der Waals surface area (Å²) in [6.45, 7) is 2.98. The van der Waals surface area contributed by atoms with Gasteiger partial charge in [-0.3, -0.25) is 19.2 Å². The number of ketones is 1. The molecule has 5 aromatic carbocycles. The number of hydrogen-bond acceptors (Lipinski definition) is 5. The quantitative estimate of drug-likeness (QED) is 0.154. The molecular weight excluding hydrogens is 636 g/mol. The van der Waals surface area contributed by atoms with Gasteiger partial charge < -0.3 is 20.9 Å². The molecule has 1 aliphatic heterocycles. The van der Waals surface area contributed by atoms with Gasteiger partial charge in [-0.15, -0.1) is 0 Å². The highest BCUT2D eigenvalue weighted by Gasteiger charge is 2.34. The molecule has 1 heterocycles. The fourth-order valence-corrected chi connectivity index (χ4v) is 7.05. The van der Waals surface area contributed by atoms with Crippen molar-refractivity contribution in [2.24, 2.45) is 5.92 Å². The summed E-state index contributed by atoms with van der Waals surface area (Å²) in [4.78, 5) is 56.9. The summed E-state index contributed by atoms with van der Waals surface area (Å²) in [5.41, 5.74) is 2.70. The summed E-state index contributed by atoms with van der Waals surface area (Å²) in [7, 11) is 1.63. The maximum absolute atomic E-state index is 14.4. The van der Waals surface area contributed by atoms with E-state index in [0.717, 1.165) is 51.3 Å². The standard InChI is InChI=1S/C43H46N4O4/c1-29(48)40(28-30-10-4-3-5-11-30)47(2)43(51)39(27-32-17-19-34-13-7-9-15-37(34)25-32)46-42(50)38(45-41(49)35-20-22-44-23-21-35)26-31-16-18-33-12-6-8-14-36(33)24-31/h3-19,24-25,35,38-40,44H,20-23,26-28H2,1-2H3,(H,45,49)(H,46,50). The zero-order valence-electron chi connectivity index (χ0n) is 29.3. The monoisotopic (exact) mass is 682 g/mol. The molecule has 0 saturated carbocycles. The lowest BCUT2D eigenvalue weighted by Crippen LogP contribution is -2.57. The molecule has 5 aromatic rings. The minimum Gasteiger partial charge on any atom is -0.344 e. The summed E-state index contributed by atoms with van der Waals surface area (Å²) >= 11 is 0. The minimum absolute atomic E-state index is 0.145. The van der Waals surface area contributed by atoms with E-state index in [1.54, 1.807) is 7.05 Å². The Morgan fingerprint density at radius 3 is 1.75 bits per heavy atom. The number of amides is 3. The molecule has 6 rings (SSSR count). The molecule has 262 valence electrons. The van der Waals surface area contributed by atoms with Gasteiger partial charge in [-0.2, -0.15) is 0 Å². The second-order valence-corrected chi connectivity index (χ2v) is 13.7. The number of Topliss-reactive ketones (excluding diaryl/α,β-unsaturated/α-hetero) is 1. The number of carbonyl (C=O) groups excluding carboxylic acids is 4. The van der Waals surface area contributed by atoms with E-state index in [1.807, 2.05) is 115 Å². The molecule has 0 aromatic heterocycles. The van der Waals surface area contributed by atoms with Crippen molar-refractivity contribution in [2.45, 2.75) is 57.2 Å². The zero-order valence-corrected chi connectivity index (χ0v) is 29.3. The summed E-state index contributed by atoms with van der Waals surface area (Å²) in [6, 6.07) is 35.0. The van der Waals surface area contributed by atoms with Crippen molar-refractivity contribution in [2.75, 3.05) is 20.1 Å². The van der Waals surface area contributed by atoms with Crippen molar-refractivity contribution in [1.29, 1.82) is 0 Å². The van der Waals surface area contributed by atoms with Gasteiger partial charge in [0.25, 0.3) is 0 Å². The van der Waals surface area contributed by atoms with Crippen LogP contribution in [0.3, 0.4) is 0 Å². The van der Waals surface area contributed by atoms with E-state index in [0.29, 0.717) is 19.3 Å². The Kier molecular flexibility index (Phi) is 11.5. The van der Waals surface area contributed by atoms with Gasteiger partial charge in [-0.25, -0.2) is 0 Å². The number of rotatable bonds is 13. The SMILES string of the molecule is CC(=O)C(Cc1ccccc1)N(C)C(=O)C(Cc1ccc2ccccc2c1)NC(=O)C(Cc1ccc2ccccc2c1)NC(=O)C1CCNCC1. The van der Waals surface area contributed by atoms with Crippen LogP contribution in [0.2, 0.25) is 0 Å². The van der Waals surface area contributed by atoms with Crippen molar-refractivity contribution in [3.8, 4) is 0 Å². The summed E-state index contributed by atoms with van der Waals surface area (Å²) < 4.78 is 0. The number of piperidine rings is 1. The van der Waals surface area contributed by atoms with E-state index in [2.05, 4.69) is 16.0 Å². The van der Waals surface area contributed by atoms with Crippen LogP contribution in [0.1, 0.15) is 36.5 Å². The highest BCUT2D eigenvalue weighted by Crippen LogP contribution is 2.21. The number of carbonyl (C=O) groups is 4. The maximum Gasteiger partial charge on any atom is 0.245 e. The van der Waals surface area contributed by atoms with Crippen LogP contribution in [-0.4, -0.2) is 66.7 Å². The van der Waals surface area contributed by atoms with Crippen LogP contribution in [0.25, 0.3) is 21.5 Å². The van der Waals surface area contributed by atoms with Crippen LogP contribution < -0.4 is 16.0 Å². The van der Waals surface area contributed by atoms with Gasteiger partial charge in [0.15, 0.2) is 5.78 Å². The zero-order chi connectivity index (χ0) is 35.7. The van der Waals surface area contributed by atoms with Crippen LogP contribution in [-0.2, 0) is 38.4 Å². The van der Waals surface area contributed by atoms with E-state index in [-0.39, 0.29) is 36.4 Å². The average Bonchev–Trinajstić information content (AvgIpc) is 3.16. The second kappa shape index (κ2) is 16.6. The van der Waals surface area contributed by atoms with Crippen molar-refractivity contribution in [1.82, 2.24) is 20.9 Å². The Balaban J connectivity index is 1.30. The van der Waals surface area contributed by atoms with Gasteiger partial charge in [-0.1, -0.05) is 115 Å². The summed E-state index contributed by atoms with van der Waals surface area (Å²) in [5, 5.41) is 13.6. The van der Waals surface area contributed by atoms with Crippen LogP contribution in [0, 0.1) is 5.92 Å². The van der Waals surface area contributed by atoms with E-state index in [1.165, 1.54) is 11.8 Å². The number of nitrogens with zero attached hydrogens (tertiary/aromatic N) is 1. The summed E-state index contributed by atoms with van der Waals surface area (Å²) in [5.74, 6) is -1.32. The van der Waals surface area contributed by atoms with Gasteiger partial charge in [0.05, 0.1) is 6.04 Å². The molecule has 0 radical (unpaired) electrons. The van der Waals surface area contributed by atoms with Gasteiger partial charge in [0, 0.05) is 25.8 Å². The lowest BCUT2D eigenvalue weighted by Gasteiger charge is -2.32. The predicted octanol–water partition coefficient (Wildman–Crippen LogP) is 5.41. The molecule has 3 amide bonds. The first-order valence-electron chi connectivity index (χ1n) is 17.8. The van der Waals surface area contributed by atoms with Crippen LogP contribution >= 0.6 is 0 Å². The molecule has 1 fully saturated rings. The fraction of sp³-hybridized carbons (Fsp3) is 0.302. The normalized spacial score (nSPS) is 15.1. The number of nitrogens with one attached hydrogen (secondary N) is 3. The number of likely N-dealkylation sites (N-methyl/N-ethyl adjacent to an activating group) is 1. The summed E-state index contributed by atoms with van der Waals surface area (Å²) in [6.07, 6.45) is 2.20. The molecule has 0 bridgehead atoms. The fourth-order valence-electron chi connectivity index (χ4n) is 7.05. The number of hydrogen-bond donors (Lipinski definition) is 3. The van der Waals surface area contributed by atoms with Crippen LogP contribution in [0.15, 0.2) is 115 Å². The Bertz CT molecular complexity index is 2010. The van der Waals surface area contributed by atoms with E-state index < -0.39 is 24.0 Å². The molecule has 3 atom stereocenters. The third kappa shape index (κ3) is 9.07. The van der Waals surface area contributed by atoms with Gasteiger partial charge in [-0.05, 0) is 77.5 Å². The van der Waals surface area contributed by atoms with E-state index >= 15 is 0 Å². The van der Waals surface area contributed by atoms with Crippen molar-refractivity contribution in [3.05, 3.63) is 132 Å². The van der Waals surface area contributed by atoms with Gasteiger partial charge in [0.2, 0.25) is 17.7 Å². The van der Waals surface area contributed by atoms with Crippen molar-refractivity contribution < 1.29 is 19.2 Å². The predicted molar refractivity (Wildman–Crippen MR) is 202 cm³/mol. The average molecular weight is 683 g/mol. The first-order chi connectivity index (χ1) is 24.7. The number of fused-ring (bicyclic) bond motifs is 2. The Morgan fingerprint density at radius 2 is 1.18 bits per heavy atom. The van der Waals surface area contributed by atoms with E-state index in [4.69, 9.17) is 0 Å². The minimum atomic E-state index is -0.990. The molecule has 0 spiro atoms. The highest BCUT2D eigenvalue weighted by molar-refractivity contribution is 5.95. The molecule has 3 N–H and O–H groups in total. The Hall–Kier alpha value is -5.34. The molecular formula is C43H46N4O4. The Morgan fingerprint density at radius 1 is 0.647 bits per heavy atom. The van der Waals surface area contributed by atoms with Crippen molar-refractivity contribution in [3.63, 3.8) is 0 Å². The smallest absolute Gasteiger partial charge is 0.245 e. The van der Waals surface area contributed by atoms with Gasteiger partial charge >= 0.3 is 0 Å². The molecule has 8 heteroatoms. The van der Waals surface area contributed by atoms with E-state index in [9.17, 15) is 19.2 Å². The van der Waals surface area contributed by atoms with Crippen molar-refractivity contribution >= 4 is 45.0 Å². The van der Waals surface area contributed by atoms with Gasteiger partial charge in [0.1, 0.15) is 12.1 Å². The molecule has 1 aliphatic rings. The maximum atomic E-state index is 14.4. The van der Waals surface area contributed by atoms with Crippen LogP contribution in [0.5, 0.6) is 0 Å². The molecule has 3 unspecified atom stereocenters. The third-order valence-electron chi connectivity index (χ3n) is 10.0. The lowest BCUT2D eigenvalue weighted by molar-refractivity contribution is -0.141. The van der Waals surface area contributed by atoms with Crippen LogP contribution in [0.4, 0.5) is 0 Å². The lowest BCUT2D eigenvalue weighted by atomic mass is 9.95. The molecule has 0 aliphatic carbocycles. The highest BCUT2D eigenvalue weighted by atomic mass is 16.2. The first kappa shape index (κ1) is 35.5.